The van der Waals surface area contributed by atoms with E-state index in [2.05, 4.69) is 38.2 Å². The van der Waals surface area contributed by atoms with E-state index in [4.69, 9.17) is 16.1 Å². The van der Waals surface area contributed by atoms with Gasteiger partial charge in [0.1, 0.15) is 6.23 Å². The number of halogens is 1. The van der Waals surface area contributed by atoms with Gasteiger partial charge in [0.25, 0.3) is 0 Å². The van der Waals surface area contributed by atoms with E-state index in [0.717, 1.165) is 24.1 Å². The predicted molar refractivity (Wildman–Crippen MR) is 123 cm³/mol. The second-order valence-electron chi connectivity index (χ2n) is 9.37. The van der Waals surface area contributed by atoms with Crippen molar-refractivity contribution in [3.63, 3.8) is 0 Å². The Morgan fingerprint density at radius 2 is 1.90 bits per heavy atom. The van der Waals surface area contributed by atoms with Crippen LogP contribution < -0.4 is 5.32 Å². The summed E-state index contributed by atoms with van der Waals surface area (Å²) in [5.41, 5.74) is 1.64. The number of carbonyl (C=O) groups excluding carboxylic acids is 1. The first kappa shape index (κ1) is 23.8. The van der Waals surface area contributed by atoms with Crippen LogP contribution in [0.5, 0.6) is 0 Å². The van der Waals surface area contributed by atoms with E-state index in [1.54, 1.807) is 12.1 Å². The van der Waals surface area contributed by atoms with E-state index >= 15 is 0 Å². The summed E-state index contributed by atoms with van der Waals surface area (Å²) in [5.74, 6) is 1.59. The molecule has 2 N–H and O–H groups in total. The fraction of sp³-hybridized carbons (Fsp3) is 0.583. The van der Waals surface area contributed by atoms with Gasteiger partial charge in [-0.15, -0.1) is 0 Å². The number of aliphatic hydroxyl groups is 1. The number of aromatic nitrogens is 1. The lowest BCUT2D eigenvalue weighted by Crippen LogP contribution is -2.64. The highest BCUT2D eigenvalue weighted by Crippen LogP contribution is 2.25. The second kappa shape index (κ2) is 10.6. The maximum atomic E-state index is 13.2. The molecule has 1 aliphatic rings. The van der Waals surface area contributed by atoms with Crippen molar-refractivity contribution < 1.29 is 14.4 Å². The summed E-state index contributed by atoms with van der Waals surface area (Å²) in [7, 11) is 0. The zero-order valence-electron chi connectivity index (χ0n) is 18.8. The normalized spacial score (nSPS) is 21.8. The summed E-state index contributed by atoms with van der Waals surface area (Å²) >= 11 is 5.94. The predicted octanol–water partition coefficient (Wildman–Crippen LogP) is 4.51. The van der Waals surface area contributed by atoms with Crippen molar-refractivity contribution in [2.24, 2.45) is 11.8 Å². The number of nitrogens with zero attached hydrogens (tertiary/aromatic N) is 2. The quantitative estimate of drug-likeness (QED) is 0.622. The Morgan fingerprint density at radius 1 is 1.23 bits per heavy atom. The van der Waals surface area contributed by atoms with Crippen molar-refractivity contribution in [2.45, 2.75) is 71.7 Å². The van der Waals surface area contributed by atoms with Crippen LogP contribution in [0, 0.1) is 11.8 Å². The van der Waals surface area contributed by atoms with E-state index in [-0.39, 0.29) is 18.0 Å². The molecule has 6 nitrogen and oxygen atoms in total. The first-order valence-corrected chi connectivity index (χ1v) is 11.6. The van der Waals surface area contributed by atoms with Crippen LogP contribution in [-0.2, 0) is 11.2 Å². The van der Waals surface area contributed by atoms with E-state index in [1.165, 1.54) is 0 Å². The molecule has 3 atom stereocenters. The highest BCUT2D eigenvalue weighted by Gasteiger charge is 2.37. The molecule has 0 spiro atoms. The lowest BCUT2D eigenvalue weighted by Gasteiger charge is -2.44. The summed E-state index contributed by atoms with van der Waals surface area (Å²) in [5, 5.41) is 18.8. The van der Waals surface area contributed by atoms with E-state index in [1.807, 2.05) is 23.1 Å². The van der Waals surface area contributed by atoms with Gasteiger partial charge in [-0.05, 0) is 48.9 Å². The number of amides is 1. The Balaban J connectivity index is 1.65. The smallest absolute Gasteiger partial charge is 0.223 e. The minimum absolute atomic E-state index is 0.0519. The van der Waals surface area contributed by atoms with Gasteiger partial charge in [-0.1, -0.05) is 44.5 Å². The number of nitrogens with one attached hydrogen (secondary N) is 1. The molecular weight excluding hydrogens is 414 g/mol. The van der Waals surface area contributed by atoms with Crippen LogP contribution >= 0.6 is 11.6 Å². The van der Waals surface area contributed by atoms with Gasteiger partial charge < -0.3 is 14.5 Å². The molecule has 1 amide bonds. The summed E-state index contributed by atoms with van der Waals surface area (Å²) in [6.07, 6.45) is 1.82. The Labute approximate surface area is 189 Å². The third-order valence-electron chi connectivity index (χ3n) is 5.66. The van der Waals surface area contributed by atoms with Crippen molar-refractivity contribution in [3.05, 3.63) is 41.0 Å². The van der Waals surface area contributed by atoms with Gasteiger partial charge in [0.15, 0.2) is 5.76 Å². The number of aryl methyl sites for hydroxylation is 1. The fourth-order valence-electron chi connectivity index (χ4n) is 4.24. The first-order chi connectivity index (χ1) is 14.7. The van der Waals surface area contributed by atoms with E-state index in [9.17, 15) is 9.90 Å². The standard InChI is InChI=1S/C24H34ClN3O3/c1-15(2)11-20-14-28(21(12-16(3)4)24(30)26-20)23(29)10-9-19-13-22(31-27-19)17-5-7-18(25)8-6-17/h5-8,13,15-16,20-21,24,26,30H,9-12,14H2,1-4H3. The van der Waals surface area contributed by atoms with Gasteiger partial charge in [-0.3, -0.25) is 10.1 Å². The van der Waals surface area contributed by atoms with Crippen molar-refractivity contribution in [1.82, 2.24) is 15.4 Å². The van der Waals surface area contributed by atoms with Crippen LogP contribution in [0.4, 0.5) is 0 Å². The lowest BCUT2D eigenvalue weighted by atomic mass is 9.94. The highest BCUT2D eigenvalue weighted by atomic mass is 35.5. The third-order valence-corrected chi connectivity index (χ3v) is 5.91. The molecule has 0 saturated carbocycles. The number of hydrogen-bond acceptors (Lipinski definition) is 5. The molecule has 7 heteroatoms. The largest absolute Gasteiger partial charge is 0.376 e. The molecule has 1 fully saturated rings. The van der Waals surface area contributed by atoms with Crippen LogP contribution in [0.3, 0.4) is 0 Å². The maximum Gasteiger partial charge on any atom is 0.223 e. The second-order valence-corrected chi connectivity index (χ2v) is 9.81. The summed E-state index contributed by atoms with van der Waals surface area (Å²) in [4.78, 5) is 15.1. The average molecular weight is 448 g/mol. The molecular formula is C24H34ClN3O3. The molecule has 0 aliphatic carbocycles. The van der Waals surface area contributed by atoms with Crippen LogP contribution in [-0.4, -0.2) is 45.9 Å². The van der Waals surface area contributed by atoms with Gasteiger partial charge >= 0.3 is 0 Å². The molecule has 1 aliphatic heterocycles. The SMILES string of the molecule is CC(C)CC1CN(C(=O)CCc2cc(-c3ccc(Cl)cc3)on2)C(CC(C)C)C(O)N1. The van der Waals surface area contributed by atoms with Crippen LogP contribution in [0.15, 0.2) is 34.9 Å². The number of hydrogen-bond donors (Lipinski definition) is 2. The third kappa shape index (κ3) is 6.55. The fourth-order valence-corrected chi connectivity index (χ4v) is 4.37. The van der Waals surface area contributed by atoms with Crippen molar-refractivity contribution >= 4 is 17.5 Å². The Hall–Kier alpha value is -1.89. The molecule has 31 heavy (non-hydrogen) atoms. The monoisotopic (exact) mass is 447 g/mol. The molecule has 0 radical (unpaired) electrons. The van der Waals surface area contributed by atoms with Gasteiger partial charge in [0, 0.05) is 42.1 Å². The summed E-state index contributed by atoms with van der Waals surface area (Å²) in [6, 6.07) is 9.14. The van der Waals surface area contributed by atoms with Crippen molar-refractivity contribution in [1.29, 1.82) is 0 Å². The van der Waals surface area contributed by atoms with Crippen LogP contribution in [0.2, 0.25) is 5.02 Å². The summed E-state index contributed by atoms with van der Waals surface area (Å²) in [6.45, 7) is 9.17. The van der Waals surface area contributed by atoms with Crippen molar-refractivity contribution in [2.75, 3.05) is 6.54 Å². The van der Waals surface area contributed by atoms with Gasteiger partial charge in [0.05, 0.1) is 11.7 Å². The summed E-state index contributed by atoms with van der Waals surface area (Å²) < 4.78 is 5.45. The Kier molecular flexibility index (Phi) is 8.14. The number of carbonyl (C=O) groups is 1. The van der Waals surface area contributed by atoms with E-state index < -0.39 is 6.23 Å². The number of rotatable bonds is 8. The number of benzene rings is 1. The zero-order chi connectivity index (χ0) is 22.5. The first-order valence-electron chi connectivity index (χ1n) is 11.2. The van der Waals surface area contributed by atoms with E-state index in [0.29, 0.717) is 42.0 Å². The molecule has 3 rings (SSSR count). The Morgan fingerprint density at radius 3 is 2.55 bits per heavy atom. The van der Waals surface area contributed by atoms with Gasteiger partial charge in [-0.25, -0.2) is 0 Å². The molecule has 170 valence electrons. The molecule has 3 unspecified atom stereocenters. The maximum absolute atomic E-state index is 13.2. The minimum atomic E-state index is -0.701. The molecule has 2 heterocycles. The van der Waals surface area contributed by atoms with Crippen molar-refractivity contribution in [3.8, 4) is 11.3 Å². The number of piperazine rings is 1. The molecule has 2 aromatic rings. The van der Waals surface area contributed by atoms with Gasteiger partial charge in [-0.2, -0.15) is 0 Å². The van der Waals surface area contributed by atoms with Crippen LogP contribution in [0.25, 0.3) is 11.3 Å². The Bertz CT molecular complexity index is 850. The topological polar surface area (TPSA) is 78.6 Å². The lowest BCUT2D eigenvalue weighted by molar-refractivity contribution is -0.142. The van der Waals surface area contributed by atoms with Crippen LogP contribution in [0.1, 0.15) is 52.7 Å². The van der Waals surface area contributed by atoms with Gasteiger partial charge in [0.2, 0.25) is 5.91 Å². The molecule has 1 aromatic carbocycles. The molecule has 0 bridgehead atoms. The zero-order valence-corrected chi connectivity index (χ0v) is 19.6. The molecule has 1 aromatic heterocycles. The highest BCUT2D eigenvalue weighted by molar-refractivity contribution is 6.30. The molecule has 1 saturated heterocycles. The minimum Gasteiger partial charge on any atom is -0.376 e. The number of aliphatic hydroxyl groups excluding tert-OH is 1. The average Bonchev–Trinajstić information content (AvgIpc) is 3.17.